The van der Waals surface area contributed by atoms with Crippen LogP contribution in [0.25, 0.3) is 33.7 Å². The van der Waals surface area contributed by atoms with Crippen molar-refractivity contribution >= 4 is 29.0 Å². The zero-order valence-corrected chi connectivity index (χ0v) is 20.0. The third kappa shape index (κ3) is 4.72. The molecular formula is C27H25N5O3. The molecular weight excluding hydrogens is 442 g/mol. The Morgan fingerprint density at radius 2 is 1.77 bits per heavy atom. The summed E-state index contributed by atoms with van der Waals surface area (Å²) in [5, 5.41) is 5.26. The van der Waals surface area contributed by atoms with E-state index in [1.807, 2.05) is 49.5 Å². The van der Waals surface area contributed by atoms with Crippen LogP contribution in [0.5, 0.6) is 11.5 Å². The van der Waals surface area contributed by atoms with Gasteiger partial charge in [0, 0.05) is 46.1 Å². The quantitative estimate of drug-likeness (QED) is 0.198. The molecule has 0 aliphatic carbocycles. The molecule has 0 bridgehead atoms. The lowest BCUT2D eigenvalue weighted by Crippen LogP contribution is -2.04. The summed E-state index contributed by atoms with van der Waals surface area (Å²) in [6.07, 6.45) is 9.07. The number of carbonyl (C=O) groups excluding carboxylic acids is 1. The molecule has 0 aliphatic heterocycles. The van der Waals surface area contributed by atoms with E-state index >= 15 is 0 Å². The van der Waals surface area contributed by atoms with E-state index in [-0.39, 0.29) is 5.78 Å². The van der Waals surface area contributed by atoms with E-state index in [0.717, 1.165) is 22.1 Å². The fourth-order valence-electron chi connectivity index (χ4n) is 3.70. The second-order valence-corrected chi connectivity index (χ2v) is 7.67. The van der Waals surface area contributed by atoms with Gasteiger partial charge in [-0.05, 0) is 26.6 Å². The fraction of sp³-hybridized carbons (Fsp3) is 0.148. The number of carbonyl (C=O) groups is 1. The minimum Gasteiger partial charge on any atom is -0.493 e. The van der Waals surface area contributed by atoms with E-state index in [1.54, 1.807) is 43.4 Å². The number of hydrogen-bond donors (Lipinski definition) is 0. The van der Waals surface area contributed by atoms with Gasteiger partial charge in [0.15, 0.2) is 17.3 Å². The van der Waals surface area contributed by atoms with E-state index in [1.165, 1.54) is 6.92 Å². The molecule has 0 saturated carbocycles. The lowest BCUT2D eigenvalue weighted by molar-refractivity contribution is 0.101. The predicted molar refractivity (Wildman–Crippen MR) is 138 cm³/mol. The molecule has 4 aromatic rings. The van der Waals surface area contributed by atoms with E-state index in [9.17, 15) is 4.79 Å². The van der Waals surface area contributed by atoms with Gasteiger partial charge in [-0.2, -0.15) is 5.10 Å². The first-order chi connectivity index (χ1) is 17.0. The number of fused-ring (bicyclic) bond motifs is 1. The Hall–Kier alpha value is -4.59. The van der Waals surface area contributed by atoms with Gasteiger partial charge in [-0.15, -0.1) is 0 Å². The normalized spacial score (nSPS) is 11.7. The number of nitrogens with zero attached hydrogens (tertiary/aromatic N) is 5. The zero-order chi connectivity index (χ0) is 24.9. The molecule has 0 unspecified atom stereocenters. The highest BCUT2D eigenvalue weighted by molar-refractivity contribution is 5.97. The van der Waals surface area contributed by atoms with Gasteiger partial charge in [0.05, 0.1) is 31.6 Å². The van der Waals surface area contributed by atoms with Crippen molar-refractivity contribution in [3.8, 4) is 28.7 Å². The maximum atomic E-state index is 11.8. The van der Waals surface area contributed by atoms with Crippen LogP contribution in [0.2, 0.25) is 0 Å². The highest BCUT2D eigenvalue weighted by Gasteiger charge is 2.17. The SMILES string of the molecule is C=N/C=C(\C=C/C)c1cnn(-c2nc(-c3ccc(C(C)=O)cc3)c3cc(OC)c(OC)cc3n2)c1. The van der Waals surface area contributed by atoms with E-state index < -0.39 is 0 Å². The molecule has 0 saturated heterocycles. The van der Waals surface area contributed by atoms with E-state index in [2.05, 4.69) is 16.8 Å². The molecule has 2 aromatic heterocycles. The van der Waals surface area contributed by atoms with Crippen LogP contribution in [0.4, 0.5) is 0 Å². The molecule has 0 N–H and O–H groups in total. The Balaban J connectivity index is 1.93. The highest BCUT2D eigenvalue weighted by atomic mass is 16.5. The van der Waals surface area contributed by atoms with Gasteiger partial charge in [-0.3, -0.25) is 9.79 Å². The number of rotatable bonds is 8. The Bertz CT molecular complexity index is 1470. The van der Waals surface area contributed by atoms with Crippen molar-refractivity contribution in [3.05, 3.63) is 78.3 Å². The molecule has 4 rings (SSSR count). The summed E-state index contributed by atoms with van der Waals surface area (Å²) in [7, 11) is 3.16. The molecule has 0 amide bonds. The molecule has 8 heteroatoms. The average Bonchev–Trinajstić information content (AvgIpc) is 3.37. The van der Waals surface area contributed by atoms with Crippen molar-refractivity contribution in [2.75, 3.05) is 14.2 Å². The van der Waals surface area contributed by atoms with Crippen LogP contribution in [0.3, 0.4) is 0 Å². The molecule has 2 heterocycles. The molecule has 35 heavy (non-hydrogen) atoms. The summed E-state index contributed by atoms with van der Waals surface area (Å²) >= 11 is 0. The second-order valence-electron chi connectivity index (χ2n) is 7.67. The number of aromatic nitrogens is 4. The molecule has 0 fully saturated rings. The average molecular weight is 468 g/mol. The van der Waals surface area contributed by atoms with Gasteiger partial charge >= 0.3 is 0 Å². The first-order valence-electron chi connectivity index (χ1n) is 10.9. The summed E-state index contributed by atoms with van der Waals surface area (Å²) < 4.78 is 12.6. The Labute approximate surface area is 203 Å². The number of methoxy groups -OCH3 is 2. The zero-order valence-electron chi connectivity index (χ0n) is 20.0. The smallest absolute Gasteiger partial charge is 0.251 e. The Morgan fingerprint density at radius 1 is 1.06 bits per heavy atom. The third-order valence-corrected chi connectivity index (χ3v) is 5.45. The first-order valence-corrected chi connectivity index (χ1v) is 10.9. The molecule has 176 valence electrons. The lowest BCUT2D eigenvalue weighted by Gasteiger charge is -2.13. The standard InChI is InChI=1S/C27H25N5O3/c1-6-7-20(14-28-3)21-15-29-32(16-21)27-30-23-13-25(35-5)24(34-4)12-22(23)26(31-27)19-10-8-18(9-11-19)17(2)33/h6-16H,3H2,1-2,4-5H3/b7-6-,20-14+. The molecule has 2 aromatic carbocycles. The number of hydrogen-bond acceptors (Lipinski definition) is 7. The highest BCUT2D eigenvalue weighted by Crippen LogP contribution is 2.36. The van der Waals surface area contributed by atoms with Crippen LogP contribution < -0.4 is 9.47 Å². The van der Waals surface area contributed by atoms with Crippen LogP contribution in [0.1, 0.15) is 29.8 Å². The van der Waals surface area contributed by atoms with Crippen molar-refractivity contribution in [1.82, 2.24) is 19.7 Å². The molecule has 8 nitrogen and oxygen atoms in total. The van der Waals surface area contributed by atoms with Gasteiger partial charge in [0.1, 0.15) is 0 Å². The topological polar surface area (TPSA) is 91.5 Å². The predicted octanol–water partition coefficient (Wildman–Crippen LogP) is 5.32. The van der Waals surface area contributed by atoms with E-state index in [0.29, 0.717) is 34.2 Å². The van der Waals surface area contributed by atoms with Crippen LogP contribution in [-0.4, -0.2) is 46.5 Å². The second kappa shape index (κ2) is 10.1. The Morgan fingerprint density at radius 3 is 2.40 bits per heavy atom. The third-order valence-electron chi connectivity index (χ3n) is 5.45. The number of Topliss-reactive ketones (excluding diaryl/α,β-unsaturated/α-hetero) is 1. The summed E-state index contributed by atoms with van der Waals surface area (Å²) in [5.41, 5.74) is 4.50. The summed E-state index contributed by atoms with van der Waals surface area (Å²) in [6.45, 7) is 7.01. The minimum atomic E-state index is -0.000683. The van der Waals surface area contributed by atoms with Crippen molar-refractivity contribution in [1.29, 1.82) is 0 Å². The van der Waals surface area contributed by atoms with Crippen LogP contribution in [0.15, 0.2) is 72.1 Å². The van der Waals surface area contributed by atoms with E-state index in [4.69, 9.17) is 19.4 Å². The van der Waals surface area contributed by atoms with Gasteiger partial charge in [0.2, 0.25) is 0 Å². The summed E-state index contributed by atoms with van der Waals surface area (Å²) in [4.78, 5) is 25.2. The maximum absolute atomic E-state index is 11.8. The molecule has 0 spiro atoms. The van der Waals surface area contributed by atoms with Crippen molar-refractivity contribution in [2.45, 2.75) is 13.8 Å². The summed E-state index contributed by atoms with van der Waals surface area (Å²) in [6, 6.07) is 11.0. The van der Waals surface area contributed by atoms with Gasteiger partial charge in [-0.25, -0.2) is 14.6 Å². The van der Waals surface area contributed by atoms with Gasteiger partial charge in [-0.1, -0.05) is 36.4 Å². The number of ketones is 1. The number of aliphatic imine (C=N–C) groups is 1. The maximum Gasteiger partial charge on any atom is 0.251 e. The van der Waals surface area contributed by atoms with Crippen LogP contribution in [-0.2, 0) is 0 Å². The number of benzene rings is 2. The van der Waals surface area contributed by atoms with Crippen LogP contribution >= 0.6 is 0 Å². The van der Waals surface area contributed by atoms with Crippen LogP contribution in [0, 0.1) is 0 Å². The van der Waals surface area contributed by atoms with Crippen molar-refractivity contribution < 1.29 is 14.3 Å². The minimum absolute atomic E-state index is 0.000683. The molecule has 0 aliphatic rings. The lowest BCUT2D eigenvalue weighted by atomic mass is 10.0. The van der Waals surface area contributed by atoms with Gasteiger partial charge < -0.3 is 9.47 Å². The van der Waals surface area contributed by atoms with Crippen molar-refractivity contribution in [3.63, 3.8) is 0 Å². The number of allylic oxidation sites excluding steroid dienone is 3. The molecule has 0 radical (unpaired) electrons. The first kappa shape index (κ1) is 23.6. The molecule has 0 atom stereocenters. The largest absolute Gasteiger partial charge is 0.493 e. The fourth-order valence-corrected chi connectivity index (χ4v) is 3.70. The monoisotopic (exact) mass is 467 g/mol. The Kier molecular flexibility index (Phi) is 6.82. The number of ether oxygens (including phenoxy) is 2. The van der Waals surface area contributed by atoms with Crippen molar-refractivity contribution in [2.24, 2.45) is 4.99 Å². The van der Waals surface area contributed by atoms with Gasteiger partial charge in [0.25, 0.3) is 5.95 Å². The summed E-state index contributed by atoms with van der Waals surface area (Å²) in [5.74, 6) is 1.50.